The molecule has 0 amide bonds. The summed E-state index contributed by atoms with van der Waals surface area (Å²) in [5, 5.41) is 8.32. The number of hydrogen-bond donors (Lipinski definition) is 0. The molecule has 0 spiro atoms. The smallest absolute Gasteiger partial charge is 0.219 e. The molecule has 0 atom stereocenters. The van der Waals surface area contributed by atoms with Gasteiger partial charge in [0.1, 0.15) is 0 Å². The van der Waals surface area contributed by atoms with Crippen molar-refractivity contribution in [1.29, 1.82) is 0 Å². The van der Waals surface area contributed by atoms with Crippen LogP contribution in [-0.2, 0) is 4.74 Å². The van der Waals surface area contributed by atoms with Crippen molar-refractivity contribution in [2.75, 3.05) is 32.8 Å². The summed E-state index contributed by atoms with van der Waals surface area (Å²) in [5.41, 5.74) is 0. The average Bonchev–Trinajstić information content (AvgIpc) is 2.90. The quantitative estimate of drug-likeness (QED) is 0.741. The lowest BCUT2D eigenvalue weighted by atomic mass is 9.97. The molecule has 0 saturated carbocycles. The van der Waals surface area contributed by atoms with Gasteiger partial charge >= 0.3 is 0 Å². The lowest BCUT2D eigenvalue weighted by molar-refractivity contribution is 0.100. The molecule has 0 N–H and O–H groups in total. The molecule has 1 aliphatic heterocycles. The zero-order valence-electron chi connectivity index (χ0n) is 12.3. The number of likely N-dealkylation sites (tertiary alicyclic amines) is 1. The van der Waals surface area contributed by atoms with Gasteiger partial charge < -0.3 is 14.1 Å². The van der Waals surface area contributed by atoms with Crippen LogP contribution in [0.15, 0.2) is 4.42 Å². The summed E-state index contributed by atoms with van der Waals surface area (Å²) in [7, 11) is 0. The standard InChI is InChI=1S/C14H25N3O2/c1-4-18-10-9-17-7-5-12(6-8-17)14-16-15-13(19-14)11(2)3/h11-12H,4-10H2,1-3H3. The Labute approximate surface area is 115 Å². The predicted molar refractivity (Wildman–Crippen MR) is 73.3 cm³/mol. The number of hydrogen-bond acceptors (Lipinski definition) is 5. The molecular formula is C14H25N3O2. The van der Waals surface area contributed by atoms with Crippen molar-refractivity contribution in [1.82, 2.24) is 15.1 Å². The zero-order valence-corrected chi connectivity index (χ0v) is 12.3. The fourth-order valence-electron chi connectivity index (χ4n) is 2.39. The Bertz CT molecular complexity index is 371. The molecule has 1 aromatic heterocycles. The third kappa shape index (κ3) is 4.01. The Hall–Kier alpha value is -0.940. The van der Waals surface area contributed by atoms with Crippen molar-refractivity contribution in [3.8, 4) is 0 Å². The van der Waals surface area contributed by atoms with Gasteiger partial charge in [-0.15, -0.1) is 10.2 Å². The highest BCUT2D eigenvalue weighted by Gasteiger charge is 2.25. The molecule has 0 aromatic carbocycles. The minimum absolute atomic E-state index is 0.313. The predicted octanol–water partition coefficient (Wildman–Crippen LogP) is 2.41. The van der Waals surface area contributed by atoms with Crippen LogP contribution in [0.2, 0.25) is 0 Å². The second-order valence-corrected chi connectivity index (χ2v) is 5.45. The summed E-state index contributed by atoms with van der Waals surface area (Å²) in [6, 6.07) is 0. The molecule has 1 saturated heterocycles. The summed E-state index contributed by atoms with van der Waals surface area (Å²) in [5.74, 6) is 2.33. The molecule has 108 valence electrons. The fraction of sp³-hybridized carbons (Fsp3) is 0.857. The molecule has 1 aliphatic rings. The second kappa shape index (κ2) is 7.01. The fourth-order valence-corrected chi connectivity index (χ4v) is 2.39. The minimum atomic E-state index is 0.313. The van der Waals surface area contributed by atoms with Crippen LogP contribution >= 0.6 is 0 Å². The molecule has 1 aromatic rings. The zero-order chi connectivity index (χ0) is 13.7. The van der Waals surface area contributed by atoms with Crippen LogP contribution in [0.1, 0.15) is 57.2 Å². The third-order valence-electron chi connectivity index (χ3n) is 3.64. The van der Waals surface area contributed by atoms with Crippen LogP contribution in [0.4, 0.5) is 0 Å². The maximum absolute atomic E-state index is 5.75. The highest BCUT2D eigenvalue weighted by atomic mass is 16.5. The maximum Gasteiger partial charge on any atom is 0.219 e. The third-order valence-corrected chi connectivity index (χ3v) is 3.64. The molecule has 2 rings (SSSR count). The lowest BCUT2D eigenvalue weighted by Gasteiger charge is -2.30. The van der Waals surface area contributed by atoms with Crippen LogP contribution in [0.3, 0.4) is 0 Å². The molecular weight excluding hydrogens is 242 g/mol. The molecule has 0 aliphatic carbocycles. The molecule has 0 bridgehead atoms. The van der Waals surface area contributed by atoms with Gasteiger partial charge in [-0.3, -0.25) is 0 Å². The average molecular weight is 267 g/mol. The van der Waals surface area contributed by atoms with Crippen molar-refractivity contribution in [3.63, 3.8) is 0 Å². The number of piperidine rings is 1. The summed E-state index contributed by atoms with van der Waals surface area (Å²) < 4.78 is 11.1. The van der Waals surface area contributed by atoms with Crippen molar-refractivity contribution < 1.29 is 9.15 Å². The van der Waals surface area contributed by atoms with Crippen LogP contribution in [-0.4, -0.2) is 47.9 Å². The Balaban J connectivity index is 1.79. The largest absolute Gasteiger partial charge is 0.425 e. The molecule has 5 nitrogen and oxygen atoms in total. The monoisotopic (exact) mass is 267 g/mol. The highest BCUT2D eigenvalue weighted by molar-refractivity contribution is 4.96. The van der Waals surface area contributed by atoms with E-state index < -0.39 is 0 Å². The molecule has 2 heterocycles. The van der Waals surface area contributed by atoms with Gasteiger partial charge in [0.25, 0.3) is 0 Å². The van der Waals surface area contributed by atoms with E-state index >= 15 is 0 Å². The van der Waals surface area contributed by atoms with E-state index in [4.69, 9.17) is 9.15 Å². The summed E-state index contributed by atoms with van der Waals surface area (Å²) in [4.78, 5) is 2.45. The highest BCUT2D eigenvalue weighted by Crippen LogP contribution is 2.28. The van der Waals surface area contributed by atoms with Crippen LogP contribution in [0.5, 0.6) is 0 Å². The Kier molecular flexibility index (Phi) is 5.34. The normalized spacial score (nSPS) is 18.3. The number of aromatic nitrogens is 2. The first-order valence-electron chi connectivity index (χ1n) is 7.34. The van der Waals surface area contributed by atoms with Gasteiger partial charge in [0, 0.05) is 25.0 Å². The van der Waals surface area contributed by atoms with Crippen LogP contribution in [0.25, 0.3) is 0 Å². The molecule has 0 unspecified atom stereocenters. The van der Waals surface area contributed by atoms with E-state index in [9.17, 15) is 0 Å². The lowest BCUT2D eigenvalue weighted by Crippen LogP contribution is -2.35. The van der Waals surface area contributed by atoms with Gasteiger partial charge in [-0.25, -0.2) is 0 Å². The maximum atomic E-state index is 5.75. The van der Waals surface area contributed by atoms with Gasteiger partial charge in [0.2, 0.25) is 11.8 Å². The second-order valence-electron chi connectivity index (χ2n) is 5.45. The van der Waals surface area contributed by atoms with Gasteiger partial charge in [0.05, 0.1) is 6.61 Å². The van der Waals surface area contributed by atoms with Crippen molar-refractivity contribution >= 4 is 0 Å². The van der Waals surface area contributed by atoms with Gasteiger partial charge in [0.15, 0.2) is 0 Å². The minimum Gasteiger partial charge on any atom is -0.425 e. The van der Waals surface area contributed by atoms with Crippen molar-refractivity contribution in [2.24, 2.45) is 0 Å². The first-order valence-corrected chi connectivity index (χ1v) is 7.34. The Morgan fingerprint density at radius 3 is 2.63 bits per heavy atom. The van der Waals surface area contributed by atoms with Gasteiger partial charge in [-0.05, 0) is 32.9 Å². The SMILES string of the molecule is CCOCCN1CCC(c2nnc(C(C)C)o2)CC1. The molecule has 5 heteroatoms. The van der Waals surface area contributed by atoms with E-state index in [1.807, 2.05) is 6.92 Å². The van der Waals surface area contributed by atoms with Gasteiger partial charge in [-0.1, -0.05) is 13.8 Å². The molecule has 0 radical (unpaired) electrons. The Morgan fingerprint density at radius 2 is 2.05 bits per heavy atom. The number of ether oxygens (including phenoxy) is 1. The summed E-state index contributed by atoms with van der Waals surface area (Å²) >= 11 is 0. The first kappa shape index (κ1) is 14.5. The van der Waals surface area contributed by atoms with Crippen LogP contribution < -0.4 is 0 Å². The van der Waals surface area contributed by atoms with E-state index in [0.29, 0.717) is 11.8 Å². The van der Waals surface area contributed by atoms with E-state index in [2.05, 4.69) is 28.9 Å². The Morgan fingerprint density at radius 1 is 1.32 bits per heavy atom. The van der Waals surface area contributed by atoms with E-state index in [0.717, 1.165) is 57.5 Å². The first-order chi connectivity index (χ1) is 9.20. The van der Waals surface area contributed by atoms with E-state index in [-0.39, 0.29) is 0 Å². The number of rotatable bonds is 6. The van der Waals surface area contributed by atoms with Gasteiger partial charge in [-0.2, -0.15) is 0 Å². The van der Waals surface area contributed by atoms with Crippen molar-refractivity contribution in [2.45, 2.75) is 45.4 Å². The van der Waals surface area contributed by atoms with Crippen LogP contribution in [0, 0.1) is 0 Å². The molecule has 1 fully saturated rings. The van der Waals surface area contributed by atoms with Crippen molar-refractivity contribution in [3.05, 3.63) is 11.8 Å². The van der Waals surface area contributed by atoms with E-state index in [1.165, 1.54) is 0 Å². The number of nitrogens with zero attached hydrogens (tertiary/aromatic N) is 3. The molecule has 19 heavy (non-hydrogen) atoms. The topological polar surface area (TPSA) is 51.4 Å². The summed E-state index contributed by atoms with van der Waals surface area (Å²) in [6.45, 7) is 11.0. The van der Waals surface area contributed by atoms with E-state index in [1.54, 1.807) is 0 Å². The summed E-state index contributed by atoms with van der Waals surface area (Å²) in [6.07, 6.45) is 2.21.